The maximum atomic E-state index is 13.0. The zero-order valence-corrected chi connectivity index (χ0v) is 18.2. The van der Waals surface area contributed by atoms with Crippen LogP contribution in [0.15, 0.2) is 67.1 Å². The van der Waals surface area contributed by atoms with Gasteiger partial charge >= 0.3 is 6.18 Å². The number of hydrogen-bond acceptors (Lipinski definition) is 6. The number of aromatic nitrogens is 4. The monoisotopic (exact) mass is 467 g/mol. The average Bonchev–Trinajstić information content (AvgIpc) is 3.29. The lowest BCUT2D eigenvalue weighted by atomic mass is 10.1. The number of hydrogen-bond donors (Lipinski definition) is 3. The van der Waals surface area contributed by atoms with E-state index in [4.69, 9.17) is 0 Å². The number of benzene rings is 2. The van der Waals surface area contributed by atoms with Crippen molar-refractivity contribution in [3.63, 3.8) is 0 Å². The minimum absolute atomic E-state index is 0.0954. The van der Waals surface area contributed by atoms with Crippen molar-refractivity contribution in [1.82, 2.24) is 19.5 Å². The smallest absolute Gasteiger partial charge is 0.373 e. The molecule has 0 bridgehead atoms. The summed E-state index contributed by atoms with van der Waals surface area (Å²) < 4.78 is 40.6. The summed E-state index contributed by atoms with van der Waals surface area (Å²) in [6.07, 6.45) is 0.376. The van der Waals surface area contributed by atoms with Crippen LogP contribution >= 0.6 is 0 Å². The first-order valence-electron chi connectivity index (χ1n) is 10.2. The predicted octanol–water partition coefficient (Wildman–Crippen LogP) is 5.03. The fourth-order valence-electron chi connectivity index (χ4n) is 3.16. The highest BCUT2D eigenvalue weighted by Crippen LogP contribution is 2.30. The molecule has 4 aromatic rings. The number of carbonyl (C=O) groups excluding carboxylic acids is 1. The molecule has 11 heteroatoms. The molecule has 2 aromatic carbocycles. The van der Waals surface area contributed by atoms with E-state index in [-0.39, 0.29) is 5.56 Å². The highest BCUT2D eigenvalue weighted by molar-refractivity contribution is 6.04. The third-order valence-electron chi connectivity index (χ3n) is 4.95. The Bertz CT molecular complexity index is 1330. The zero-order chi connectivity index (χ0) is 24.3. The third kappa shape index (κ3) is 4.98. The Morgan fingerprint density at radius 3 is 2.62 bits per heavy atom. The molecule has 2 heterocycles. The molecule has 0 radical (unpaired) electrons. The molecule has 0 aliphatic rings. The number of anilines is 4. The number of rotatable bonds is 6. The molecule has 0 saturated heterocycles. The Balaban J connectivity index is 1.56. The van der Waals surface area contributed by atoms with Crippen molar-refractivity contribution in [1.29, 1.82) is 0 Å². The van der Waals surface area contributed by atoms with Crippen LogP contribution in [0.4, 0.5) is 36.3 Å². The van der Waals surface area contributed by atoms with E-state index in [1.807, 2.05) is 6.92 Å². The molecule has 2 aromatic heterocycles. The number of imidazole rings is 1. The van der Waals surface area contributed by atoms with Crippen molar-refractivity contribution >= 4 is 29.0 Å². The summed E-state index contributed by atoms with van der Waals surface area (Å²) in [4.78, 5) is 25.5. The Morgan fingerprint density at radius 2 is 1.85 bits per heavy atom. The maximum Gasteiger partial charge on any atom is 0.416 e. The van der Waals surface area contributed by atoms with Gasteiger partial charge in [-0.2, -0.15) is 18.2 Å². The maximum absolute atomic E-state index is 13.0. The second-order valence-corrected chi connectivity index (χ2v) is 7.30. The third-order valence-corrected chi connectivity index (χ3v) is 4.95. The molecule has 0 fully saturated rings. The van der Waals surface area contributed by atoms with Crippen LogP contribution in [0.3, 0.4) is 0 Å². The van der Waals surface area contributed by atoms with E-state index in [2.05, 4.69) is 30.9 Å². The molecule has 174 valence electrons. The number of aryl methyl sites for hydroxylation is 1. The standard InChI is InChI=1S/C23H20F3N7O/c1-14-6-7-17(30-20(34)15-4-3-5-16(12-15)23(24,25)26)13-18(14)31-21-29-10-11-33(21)22-28-9-8-19(27-2)32-22/h3-13H,1-2H3,(H,29,31)(H,30,34)(H,27,28,32). The highest BCUT2D eigenvalue weighted by atomic mass is 19.4. The summed E-state index contributed by atoms with van der Waals surface area (Å²) >= 11 is 0. The van der Waals surface area contributed by atoms with Crippen molar-refractivity contribution in [3.8, 4) is 5.95 Å². The molecule has 8 nitrogen and oxygen atoms in total. The Morgan fingerprint density at radius 1 is 1.03 bits per heavy atom. The van der Waals surface area contributed by atoms with Gasteiger partial charge < -0.3 is 16.0 Å². The minimum atomic E-state index is -4.53. The average molecular weight is 467 g/mol. The number of nitrogens with one attached hydrogen (secondary N) is 3. The summed E-state index contributed by atoms with van der Waals surface area (Å²) in [7, 11) is 1.75. The van der Waals surface area contributed by atoms with Crippen LogP contribution in [-0.4, -0.2) is 32.5 Å². The van der Waals surface area contributed by atoms with Gasteiger partial charge in [0, 0.05) is 42.6 Å². The molecule has 0 unspecified atom stereocenters. The molecule has 34 heavy (non-hydrogen) atoms. The molecular formula is C23H20F3N7O. The van der Waals surface area contributed by atoms with Gasteiger partial charge in [0.05, 0.1) is 5.56 Å². The van der Waals surface area contributed by atoms with E-state index in [0.717, 1.165) is 17.7 Å². The number of amides is 1. The topological polar surface area (TPSA) is 96.8 Å². The number of alkyl halides is 3. The van der Waals surface area contributed by atoms with Gasteiger partial charge in [-0.1, -0.05) is 12.1 Å². The van der Waals surface area contributed by atoms with Crippen LogP contribution in [0.2, 0.25) is 0 Å². The van der Waals surface area contributed by atoms with Crippen LogP contribution < -0.4 is 16.0 Å². The van der Waals surface area contributed by atoms with Gasteiger partial charge in [0.1, 0.15) is 5.82 Å². The van der Waals surface area contributed by atoms with E-state index in [1.165, 1.54) is 12.1 Å². The molecule has 0 aliphatic heterocycles. The van der Waals surface area contributed by atoms with Gasteiger partial charge in [0.25, 0.3) is 5.91 Å². The van der Waals surface area contributed by atoms with Crippen LogP contribution in [0.1, 0.15) is 21.5 Å². The van der Waals surface area contributed by atoms with Gasteiger partial charge in [-0.05, 0) is 48.9 Å². The predicted molar refractivity (Wildman–Crippen MR) is 123 cm³/mol. The van der Waals surface area contributed by atoms with Gasteiger partial charge in [-0.15, -0.1) is 0 Å². The van der Waals surface area contributed by atoms with Crippen LogP contribution in [0, 0.1) is 6.92 Å². The van der Waals surface area contributed by atoms with Gasteiger partial charge in [0.15, 0.2) is 0 Å². The summed E-state index contributed by atoms with van der Waals surface area (Å²) in [5, 5.41) is 8.78. The second kappa shape index (κ2) is 9.22. The van der Waals surface area contributed by atoms with Crippen molar-refractivity contribution < 1.29 is 18.0 Å². The second-order valence-electron chi connectivity index (χ2n) is 7.30. The Labute approximate surface area is 192 Å². The first-order chi connectivity index (χ1) is 16.2. The first kappa shape index (κ1) is 22.8. The van der Waals surface area contributed by atoms with Crippen LogP contribution in [0.25, 0.3) is 5.95 Å². The van der Waals surface area contributed by atoms with E-state index in [1.54, 1.807) is 54.5 Å². The lowest BCUT2D eigenvalue weighted by Crippen LogP contribution is -2.14. The van der Waals surface area contributed by atoms with Crippen molar-refractivity contribution in [3.05, 3.63) is 83.8 Å². The molecule has 3 N–H and O–H groups in total. The van der Waals surface area contributed by atoms with Gasteiger partial charge in [-0.3, -0.25) is 9.36 Å². The van der Waals surface area contributed by atoms with Gasteiger partial charge in [0.2, 0.25) is 11.9 Å². The zero-order valence-electron chi connectivity index (χ0n) is 18.2. The van der Waals surface area contributed by atoms with Crippen molar-refractivity contribution in [2.24, 2.45) is 0 Å². The summed E-state index contributed by atoms with van der Waals surface area (Å²) in [6.45, 7) is 1.87. The number of nitrogens with zero attached hydrogens (tertiary/aromatic N) is 4. The molecule has 0 spiro atoms. The molecular weight excluding hydrogens is 447 g/mol. The summed E-state index contributed by atoms with van der Waals surface area (Å²) in [5.74, 6) is 0.830. The summed E-state index contributed by atoms with van der Waals surface area (Å²) in [6, 6.07) is 11.1. The fraction of sp³-hybridized carbons (Fsp3) is 0.130. The first-order valence-corrected chi connectivity index (χ1v) is 10.2. The van der Waals surface area contributed by atoms with E-state index in [9.17, 15) is 18.0 Å². The lowest BCUT2D eigenvalue weighted by Gasteiger charge is -2.14. The minimum Gasteiger partial charge on any atom is -0.373 e. The molecule has 4 rings (SSSR count). The summed E-state index contributed by atoms with van der Waals surface area (Å²) in [5.41, 5.74) is 0.919. The number of carbonyl (C=O) groups is 1. The largest absolute Gasteiger partial charge is 0.416 e. The van der Waals surface area contributed by atoms with Crippen LogP contribution in [-0.2, 0) is 6.18 Å². The lowest BCUT2D eigenvalue weighted by molar-refractivity contribution is -0.137. The molecule has 1 amide bonds. The Kier molecular flexibility index (Phi) is 6.17. The van der Waals surface area contributed by atoms with Crippen LogP contribution in [0.5, 0.6) is 0 Å². The Hall–Kier alpha value is -4.41. The molecule has 0 saturated carbocycles. The molecule has 0 aliphatic carbocycles. The quantitative estimate of drug-likeness (QED) is 0.368. The normalized spacial score (nSPS) is 11.2. The van der Waals surface area contributed by atoms with Gasteiger partial charge in [-0.25, -0.2) is 9.97 Å². The van der Waals surface area contributed by atoms with E-state index < -0.39 is 17.6 Å². The van der Waals surface area contributed by atoms with Crippen molar-refractivity contribution in [2.45, 2.75) is 13.1 Å². The van der Waals surface area contributed by atoms with E-state index in [0.29, 0.717) is 29.1 Å². The van der Waals surface area contributed by atoms with E-state index >= 15 is 0 Å². The number of halogens is 3. The SMILES string of the molecule is CNc1ccnc(-n2ccnc2Nc2cc(NC(=O)c3cccc(C(F)(F)F)c3)ccc2C)n1. The highest BCUT2D eigenvalue weighted by Gasteiger charge is 2.30. The van der Waals surface area contributed by atoms with Crippen molar-refractivity contribution in [2.75, 3.05) is 23.0 Å². The fourth-order valence-corrected chi connectivity index (χ4v) is 3.16. The molecule has 0 atom stereocenters.